The lowest BCUT2D eigenvalue weighted by Gasteiger charge is -2.29. The van der Waals surface area contributed by atoms with Crippen molar-refractivity contribution < 1.29 is 8.78 Å². The van der Waals surface area contributed by atoms with Crippen LogP contribution in [-0.2, 0) is 5.92 Å². The molecule has 5 heteroatoms. The van der Waals surface area contributed by atoms with E-state index in [1.807, 2.05) is 13.8 Å². The van der Waals surface area contributed by atoms with Crippen LogP contribution in [0.25, 0.3) is 0 Å². The van der Waals surface area contributed by atoms with Crippen molar-refractivity contribution in [3.63, 3.8) is 0 Å². The molecule has 0 amide bonds. The van der Waals surface area contributed by atoms with Gasteiger partial charge in [0.25, 0.3) is 0 Å². The largest absolute Gasteiger partial charge is 0.317 e. The standard InChI is InChI=1S/C13H19F2N3/c1-9(2)10-7-17-12(18-8-10)13(14,15)11-3-5-16-6-4-11/h7-9,11,16H,3-6H2,1-2H3. The molecule has 1 saturated heterocycles. The molecule has 1 fully saturated rings. The van der Waals surface area contributed by atoms with Gasteiger partial charge in [0, 0.05) is 18.3 Å². The first-order valence-corrected chi connectivity index (χ1v) is 6.42. The van der Waals surface area contributed by atoms with E-state index in [-0.39, 0.29) is 11.7 Å². The van der Waals surface area contributed by atoms with Gasteiger partial charge in [-0.2, -0.15) is 8.78 Å². The Morgan fingerprint density at radius 3 is 2.28 bits per heavy atom. The molecule has 1 N–H and O–H groups in total. The first kappa shape index (κ1) is 13.3. The fraction of sp³-hybridized carbons (Fsp3) is 0.692. The van der Waals surface area contributed by atoms with Gasteiger partial charge in [0.15, 0.2) is 5.82 Å². The maximum Gasteiger partial charge on any atom is 0.309 e. The lowest BCUT2D eigenvalue weighted by atomic mass is 9.90. The average Bonchev–Trinajstić information content (AvgIpc) is 2.40. The molecule has 0 unspecified atom stereocenters. The van der Waals surface area contributed by atoms with Gasteiger partial charge in [-0.1, -0.05) is 13.8 Å². The quantitative estimate of drug-likeness (QED) is 0.902. The number of halogens is 2. The van der Waals surface area contributed by atoms with Crippen molar-refractivity contribution in [2.45, 2.75) is 38.5 Å². The molecule has 0 radical (unpaired) electrons. The van der Waals surface area contributed by atoms with E-state index < -0.39 is 11.8 Å². The predicted octanol–water partition coefficient (Wildman–Crippen LogP) is 2.69. The summed E-state index contributed by atoms with van der Waals surface area (Å²) in [5.41, 5.74) is 0.889. The van der Waals surface area contributed by atoms with Crippen LogP contribution in [0.3, 0.4) is 0 Å². The van der Waals surface area contributed by atoms with Crippen LogP contribution in [0.1, 0.15) is 44.0 Å². The first-order chi connectivity index (χ1) is 8.51. The Balaban J connectivity index is 2.17. The van der Waals surface area contributed by atoms with E-state index in [1.165, 1.54) is 12.4 Å². The summed E-state index contributed by atoms with van der Waals surface area (Å²) in [5.74, 6) is -3.65. The maximum atomic E-state index is 14.2. The summed E-state index contributed by atoms with van der Waals surface area (Å²) < 4.78 is 28.4. The Morgan fingerprint density at radius 1 is 1.22 bits per heavy atom. The lowest BCUT2D eigenvalue weighted by Crippen LogP contribution is -2.37. The number of nitrogens with zero attached hydrogens (tertiary/aromatic N) is 2. The van der Waals surface area contributed by atoms with Gasteiger partial charge in [-0.05, 0) is 37.4 Å². The van der Waals surface area contributed by atoms with Crippen LogP contribution in [0.4, 0.5) is 8.78 Å². The minimum absolute atomic E-state index is 0.256. The van der Waals surface area contributed by atoms with Gasteiger partial charge in [0.1, 0.15) is 0 Å². The molecule has 2 heterocycles. The third-order valence-electron chi connectivity index (χ3n) is 3.49. The van der Waals surface area contributed by atoms with Crippen LogP contribution in [0.2, 0.25) is 0 Å². The Bertz CT molecular complexity index is 384. The fourth-order valence-electron chi connectivity index (χ4n) is 2.18. The van der Waals surface area contributed by atoms with Crippen molar-refractivity contribution in [2.75, 3.05) is 13.1 Å². The van der Waals surface area contributed by atoms with Crippen molar-refractivity contribution >= 4 is 0 Å². The average molecular weight is 255 g/mol. The summed E-state index contributed by atoms with van der Waals surface area (Å²) in [6.07, 6.45) is 3.98. The predicted molar refractivity (Wildman–Crippen MR) is 65.6 cm³/mol. The van der Waals surface area contributed by atoms with E-state index in [0.29, 0.717) is 25.9 Å². The van der Waals surface area contributed by atoms with Crippen molar-refractivity contribution in [1.29, 1.82) is 0 Å². The molecule has 0 aliphatic carbocycles. The Morgan fingerprint density at radius 2 is 1.78 bits per heavy atom. The summed E-state index contributed by atoms with van der Waals surface area (Å²) in [5, 5.41) is 3.09. The topological polar surface area (TPSA) is 37.8 Å². The van der Waals surface area contributed by atoms with Crippen LogP contribution in [0, 0.1) is 5.92 Å². The summed E-state index contributed by atoms with van der Waals surface area (Å²) in [7, 11) is 0. The van der Waals surface area contributed by atoms with Gasteiger partial charge >= 0.3 is 5.92 Å². The zero-order valence-corrected chi connectivity index (χ0v) is 10.8. The summed E-state index contributed by atoms with van der Waals surface area (Å²) >= 11 is 0. The minimum Gasteiger partial charge on any atom is -0.317 e. The van der Waals surface area contributed by atoms with Crippen LogP contribution < -0.4 is 5.32 Å². The molecule has 1 aromatic heterocycles. The van der Waals surface area contributed by atoms with Gasteiger partial charge in [0.2, 0.25) is 0 Å². The molecule has 1 aliphatic rings. The number of hydrogen-bond donors (Lipinski definition) is 1. The second-order valence-corrected chi connectivity index (χ2v) is 5.14. The molecule has 0 saturated carbocycles. The number of hydrogen-bond acceptors (Lipinski definition) is 3. The molecule has 0 spiro atoms. The molecule has 18 heavy (non-hydrogen) atoms. The third-order valence-corrected chi connectivity index (χ3v) is 3.49. The van der Waals surface area contributed by atoms with E-state index >= 15 is 0 Å². The Kier molecular flexibility index (Phi) is 3.90. The number of rotatable bonds is 3. The van der Waals surface area contributed by atoms with Gasteiger partial charge in [-0.15, -0.1) is 0 Å². The van der Waals surface area contributed by atoms with E-state index in [2.05, 4.69) is 15.3 Å². The number of nitrogens with one attached hydrogen (secondary N) is 1. The number of alkyl halides is 2. The zero-order chi connectivity index (χ0) is 13.2. The Hall–Kier alpha value is -1.10. The van der Waals surface area contributed by atoms with Gasteiger partial charge in [-0.25, -0.2) is 9.97 Å². The summed E-state index contributed by atoms with van der Waals surface area (Å²) in [4.78, 5) is 7.73. The molecule has 100 valence electrons. The van der Waals surface area contributed by atoms with Crippen molar-refractivity contribution in [3.8, 4) is 0 Å². The normalized spacial score (nSPS) is 18.3. The first-order valence-electron chi connectivity index (χ1n) is 6.42. The van der Waals surface area contributed by atoms with Gasteiger partial charge < -0.3 is 5.32 Å². The van der Waals surface area contributed by atoms with Crippen LogP contribution in [-0.4, -0.2) is 23.1 Å². The lowest BCUT2D eigenvalue weighted by molar-refractivity contribution is -0.0830. The Labute approximate surface area is 106 Å². The van der Waals surface area contributed by atoms with Crippen LogP contribution in [0.15, 0.2) is 12.4 Å². The van der Waals surface area contributed by atoms with E-state index in [4.69, 9.17) is 0 Å². The molecule has 3 nitrogen and oxygen atoms in total. The highest BCUT2D eigenvalue weighted by atomic mass is 19.3. The van der Waals surface area contributed by atoms with Crippen LogP contribution in [0.5, 0.6) is 0 Å². The second-order valence-electron chi connectivity index (χ2n) is 5.14. The highest BCUT2D eigenvalue weighted by Gasteiger charge is 2.44. The van der Waals surface area contributed by atoms with Gasteiger partial charge in [0.05, 0.1) is 0 Å². The summed E-state index contributed by atoms with van der Waals surface area (Å²) in [6.45, 7) is 5.27. The molecule has 0 bridgehead atoms. The molecule has 1 aromatic rings. The van der Waals surface area contributed by atoms with E-state index in [9.17, 15) is 8.78 Å². The second kappa shape index (κ2) is 5.26. The molecular weight excluding hydrogens is 236 g/mol. The maximum absolute atomic E-state index is 14.2. The molecule has 2 rings (SSSR count). The zero-order valence-electron chi connectivity index (χ0n) is 10.8. The molecule has 0 atom stereocenters. The smallest absolute Gasteiger partial charge is 0.309 e. The highest BCUT2D eigenvalue weighted by molar-refractivity contribution is 5.12. The van der Waals surface area contributed by atoms with Gasteiger partial charge in [-0.3, -0.25) is 0 Å². The fourth-order valence-corrected chi connectivity index (χ4v) is 2.18. The molecule has 0 aromatic carbocycles. The van der Waals surface area contributed by atoms with E-state index in [1.54, 1.807) is 0 Å². The minimum atomic E-state index is -2.92. The number of piperidine rings is 1. The van der Waals surface area contributed by atoms with Crippen molar-refractivity contribution in [3.05, 3.63) is 23.8 Å². The molecular formula is C13H19F2N3. The SMILES string of the molecule is CC(C)c1cnc(C(F)(F)C2CCNCC2)nc1. The van der Waals surface area contributed by atoms with Crippen LogP contribution >= 0.6 is 0 Å². The van der Waals surface area contributed by atoms with Crippen molar-refractivity contribution in [1.82, 2.24) is 15.3 Å². The summed E-state index contributed by atoms with van der Waals surface area (Å²) in [6, 6.07) is 0. The van der Waals surface area contributed by atoms with E-state index in [0.717, 1.165) is 5.56 Å². The number of aromatic nitrogens is 2. The monoisotopic (exact) mass is 255 g/mol. The highest BCUT2D eigenvalue weighted by Crippen LogP contribution is 2.38. The molecule has 1 aliphatic heterocycles. The van der Waals surface area contributed by atoms with Crippen molar-refractivity contribution in [2.24, 2.45) is 5.92 Å². The third kappa shape index (κ3) is 2.66.